The summed E-state index contributed by atoms with van der Waals surface area (Å²) in [7, 11) is 0. The van der Waals surface area contributed by atoms with Gasteiger partial charge in [-0.3, -0.25) is 0 Å². The Morgan fingerprint density at radius 1 is 1.09 bits per heavy atom. The number of hydrogen-bond donors (Lipinski definition) is 1. The third kappa shape index (κ3) is 4.43. The van der Waals surface area contributed by atoms with Crippen molar-refractivity contribution < 1.29 is 14.6 Å². The maximum atomic E-state index is 12.2. The molecule has 8 heteroatoms. The van der Waals surface area contributed by atoms with Crippen LogP contribution in [0.3, 0.4) is 0 Å². The molecule has 0 radical (unpaired) electrons. The van der Waals surface area contributed by atoms with E-state index in [-0.39, 0.29) is 0 Å². The van der Waals surface area contributed by atoms with Gasteiger partial charge in [0.2, 0.25) is 0 Å². The molecule has 3 aliphatic rings. The van der Waals surface area contributed by atoms with Crippen molar-refractivity contribution in [3.8, 4) is 11.1 Å². The van der Waals surface area contributed by atoms with Crippen molar-refractivity contribution in [1.82, 2.24) is 14.9 Å². The highest BCUT2D eigenvalue weighted by Gasteiger charge is 2.42. The largest absolute Gasteiger partial charge is 0.477 e. The number of thiophene rings is 1. The Hall–Kier alpha value is -2.55. The van der Waals surface area contributed by atoms with Crippen molar-refractivity contribution in [3.05, 3.63) is 41.5 Å². The Morgan fingerprint density at radius 3 is 2.54 bits per heavy atom. The Morgan fingerprint density at radius 2 is 1.83 bits per heavy atom. The molecule has 1 aromatic carbocycles. The highest BCUT2D eigenvalue weighted by atomic mass is 32.1. The Balaban J connectivity index is 1.24. The molecule has 2 aromatic heterocycles. The van der Waals surface area contributed by atoms with E-state index in [1.54, 1.807) is 6.33 Å². The van der Waals surface area contributed by atoms with Gasteiger partial charge >= 0.3 is 5.97 Å². The molecule has 0 amide bonds. The Kier molecular flexibility index (Phi) is 6.43. The highest BCUT2D eigenvalue weighted by molar-refractivity contribution is 7.21. The Bertz CT molecular complexity index is 1180. The van der Waals surface area contributed by atoms with Gasteiger partial charge < -0.3 is 19.6 Å². The maximum Gasteiger partial charge on any atom is 0.346 e. The number of carboxylic acids is 1. The van der Waals surface area contributed by atoms with Crippen LogP contribution in [-0.2, 0) is 4.74 Å². The van der Waals surface area contributed by atoms with E-state index in [9.17, 15) is 9.90 Å². The summed E-state index contributed by atoms with van der Waals surface area (Å²) in [5, 5.41) is 10.9. The normalized spacial score (nSPS) is 24.5. The lowest BCUT2D eigenvalue weighted by Crippen LogP contribution is -2.44. The first-order valence-corrected chi connectivity index (χ1v) is 13.7. The number of ether oxygens (including phenoxy) is 1. The summed E-state index contributed by atoms with van der Waals surface area (Å²) < 4.78 is 6.13. The summed E-state index contributed by atoms with van der Waals surface area (Å²) in [6.45, 7) is 5.16. The van der Waals surface area contributed by atoms with Gasteiger partial charge in [-0.1, -0.05) is 30.3 Å². The van der Waals surface area contributed by atoms with Gasteiger partial charge in [0, 0.05) is 30.8 Å². The third-order valence-corrected chi connectivity index (χ3v) is 8.99. The molecule has 3 fully saturated rings. The fourth-order valence-electron chi connectivity index (χ4n) is 6.37. The molecule has 3 aromatic rings. The van der Waals surface area contributed by atoms with Gasteiger partial charge in [-0.25, -0.2) is 14.8 Å². The SMILES string of the molecule is O=C(O)c1sc2ncnc(N3C4CCC3CC(COCCN3CCCC3)C4)c2c1-c1ccccc1. The van der Waals surface area contributed by atoms with E-state index >= 15 is 0 Å². The summed E-state index contributed by atoms with van der Waals surface area (Å²) in [6.07, 6.45) is 8.74. The first kappa shape index (κ1) is 22.9. The van der Waals surface area contributed by atoms with Crippen molar-refractivity contribution in [2.45, 2.75) is 50.6 Å². The van der Waals surface area contributed by atoms with E-state index in [1.807, 2.05) is 30.3 Å². The molecule has 0 saturated carbocycles. The first-order valence-electron chi connectivity index (χ1n) is 12.8. The van der Waals surface area contributed by atoms with Crippen LogP contribution in [0.25, 0.3) is 21.3 Å². The number of carbonyl (C=O) groups is 1. The van der Waals surface area contributed by atoms with Crippen LogP contribution >= 0.6 is 11.3 Å². The van der Waals surface area contributed by atoms with Gasteiger partial charge in [-0.2, -0.15) is 0 Å². The molecular formula is C27H32N4O3S. The number of benzene rings is 1. The average Bonchev–Trinajstić information content (AvgIpc) is 3.59. The minimum absolute atomic E-state index is 0.335. The zero-order valence-electron chi connectivity index (χ0n) is 19.9. The zero-order chi connectivity index (χ0) is 23.8. The van der Waals surface area contributed by atoms with Crippen LogP contribution in [0.5, 0.6) is 0 Å². The second-order valence-corrected chi connectivity index (χ2v) is 11.1. The molecular weight excluding hydrogens is 460 g/mol. The monoisotopic (exact) mass is 492 g/mol. The van der Waals surface area contributed by atoms with Crippen LogP contribution in [0, 0.1) is 5.92 Å². The molecule has 5 heterocycles. The number of fused-ring (bicyclic) bond motifs is 3. The van der Waals surface area contributed by atoms with E-state index in [2.05, 4.69) is 14.8 Å². The van der Waals surface area contributed by atoms with Gasteiger partial charge in [0.1, 0.15) is 21.9 Å². The number of piperidine rings is 1. The lowest BCUT2D eigenvalue weighted by molar-refractivity contribution is 0.0699. The quantitative estimate of drug-likeness (QED) is 0.447. The standard InChI is InChI=1S/C27H32N4O3S/c32-27(33)24-22(19-6-2-1-3-7-19)23-25(28-17-29-26(23)35-24)31-20-8-9-21(31)15-18(14-20)16-34-13-12-30-10-4-5-11-30/h1-3,6-7,17-18,20-21H,4-5,8-16H2,(H,32,33). The number of anilines is 1. The van der Waals surface area contributed by atoms with Crippen molar-refractivity contribution in [3.63, 3.8) is 0 Å². The number of nitrogens with zero attached hydrogens (tertiary/aromatic N) is 4. The van der Waals surface area contributed by atoms with Crippen LogP contribution in [0.15, 0.2) is 36.7 Å². The smallest absolute Gasteiger partial charge is 0.346 e. The third-order valence-electron chi connectivity index (χ3n) is 7.90. The van der Waals surface area contributed by atoms with Gasteiger partial charge in [0.05, 0.1) is 12.0 Å². The summed E-state index contributed by atoms with van der Waals surface area (Å²) in [5.74, 6) is 0.564. The summed E-state index contributed by atoms with van der Waals surface area (Å²) in [4.78, 5) is 27.5. The maximum absolute atomic E-state index is 12.2. The van der Waals surface area contributed by atoms with Gasteiger partial charge in [0.15, 0.2) is 0 Å². The predicted molar refractivity (Wildman–Crippen MR) is 138 cm³/mol. The van der Waals surface area contributed by atoms with Crippen LogP contribution < -0.4 is 4.90 Å². The molecule has 7 nitrogen and oxygen atoms in total. The predicted octanol–water partition coefficient (Wildman–Crippen LogP) is 4.92. The van der Waals surface area contributed by atoms with E-state index in [1.165, 1.54) is 37.3 Å². The minimum Gasteiger partial charge on any atom is -0.477 e. The second-order valence-electron chi connectivity index (χ2n) is 10.1. The van der Waals surface area contributed by atoms with Crippen molar-refractivity contribution in [2.24, 2.45) is 5.92 Å². The topological polar surface area (TPSA) is 78.8 Å². The number of rotatable bonds is 8. The molecule has 0 aliphatic carbocycles. The molecule has 2 bridgehead atoms. The molecule has 2 unspecified atom stereocenters. The number of likely N-dealkylation sites (tertiary alicyclic amines) is 1. The van der Waals surface area contributed by atoms with Crippen molar-refractivity contribution in [1.29, 1.82) is 0 Å². The van der Waals surface area contributed by atoms with E-state index in [0.717, 1.165) is 72.6 Å². The number of aromatic nitrogens is 2. The summed E-state index contributed by atoms with van der Waals surface area (Å²) >= 11 is 1.25. The van der Waals surface area contributed by atoms with Gasteiger partial charge in [-0.05, 0) is 63.1 Å². The summed E-state index contributed by atoms with van der Waals surface area (Å²) in [5.41, 5.74) is 1.65. The summed E-state index contributed by atoms with van der Waals surface area (Å²) in [6, 6.07) is 10.6. The first-order chi connectivity index (χ1) is 17.2. The molecule has 1 N–H and O–H groups in total. The molecule has 0 spiro atoms. The van der Waals surface area contributed by atoms with Crippen molar-refractivity contribution in [2.75, 3.05) is 37.7 Å². The van der Waals surface area contributed by atoms with Crippen molar-refractivity contribution >= 4 is 33.3 Å². The van der Waals surface area contributed by atoms with E-state index in [4.69, 9.17) is 9.72 Å². The zero-order valence-corrected chi connectivity index (χ0v) is 20.8. The number of carboxylic acid groups (broad SMARTS) is 1. The molecule has 2 atom stereocenters. The van der Waals surface area contributed by atoms with E-state index in [0.29, 0.717) is 22.9 Å². The molecule has 35 heavy (non-hydrogen) atoms. The number of aromatic carboxylic acids is 1. The van der Waals surface area contributed by atoms with Crippen LogP contribution in [0.4, 0.5) is 5.82 Å². The lowest BCUT2D eigenvalue weighted by Gasteiger charge is -2.40. The molecule has 184 valence electrons. The highest BCUT2D eigenvalue weighted by Crippen LogP contribution is 2.47. The van der Waals surface area contributed by atoms with Crippen LogP contribution in [0.1, 0.15) is 48.2 Å². The Labute approximate surface area is 209 Å². The molecule has 3 saturated heterocycles. The lowest BCUT2D eigenvalue weighted by atomic mass is 9.91. The minimum atomic E-state index is -0.912. The molecule has 3 aliphatic heterocycles. The molecule has 6 rings (SSSR count). The van der Waals surface area contributed by atoms with Gasteiger partial charge in [-0.15, -0.1) is 11.3 Å². The van der Waals surface area contributed by atoms with Gasteiger partial charge in [0.25, 0.3) is 0 Å². The second kappa shape index (κ2) is 9.84. The fourth-order valence-corrected chi connectivity index (χ4v) is 7.36. The van der Waals surface area contributed by atoms with E-state index < -0.39 is 5.97 Å². The van der Waals surface area contributed by atoms with Crippen LogP contribution in [0.2, 0.25) is 0 Å². The fraction of sp³-hybridized carbons (Fsp3) is 0.519. The number of hydrogen-bond acceptors (Lipinski definition) is 7. The average molecular weight is 493 g/mol. The van der Waals surface area contributed by atoms with Crippen LogP contribution in [-0.4, -0.2) is 70.9 Å².